The van der Waals surface area contributed by atoms with E-state index >= 15 is 0 Å². The number of aryl methyl sites for hydroxylation is 1. The molecule has 1 amide bonds. The molecule has 4 rings (SSSR count). The summed E-state index contributed by atoms with van der Waals surface area (Å²) in [5, 5.41) is 0. The van der Waals surface area contributed by atoms with Gasteiger partial charge in [-0.2, -0.15) is 0 Å². The number of amides is 1. The number of methoxy groups -OCH3 is 1. The quantitative estimate of drug-likeness (QED) is 0.665. The first-order chi connectivity index (χ1) is 15.1. The summed E-state index contributed by atoms with van der Waals surface area (Å²) in [6.07, 6.45) is 2.47. The van der Waals surface area contributed by atoms with Crippen LogP contribution in [0.25, 0.3) is 0 Å². The van der Waals surface area contributed by atoms with Gasteiger partial charge in [-0.25, -0.2) is 4.98 Å². The van der Waals surface area contributed by atoms with Crippen LogP contribution in [0.2, 0.25) is 0 Å². The van der Waals surface area contributed by atoms with Crippen molar-refractivity contribution in [1.82, 2.24) is 14.9 Å². The molecule has 1 saturated heterocycles. The number of likely N-dealkylation sites (tertiary alicyclic amines) is 1. The van der Waals surface area contributed by atoms with Gasteiger partial charge in [0.1, 0.15) is 11.6 Å². The third-order valence-electron chi connectivity index (χ3n) is 5.89. The van der Waals surface area contributed by atoms with E-state index in [0.717, 1.165) is 24.0 Å². The summed E-state index contributed by atoms with van der Waals surface area (Å²) < 4.78 is 5.38. The van der Waals surface area contributed by atoms with E-state index in [4.69, 9.17) is 9.72 Å². The highest BCUT2D eigenvalue weighted by atomic mass is 16.5. The molecule has 6 nitrogen and oxygen atoms in total. The zero-order valence-electron chi connectivity index (χ0n) is 17.9. The van der Waals surface area contributed by atoms with Crippen LogP contribution < -0.4 is 10.3 Å². The largest absolute Gasteiger partial charge is 0.496 e. The minimum Gasteiger partial charge on any atom is -0.496 e. The van der Waals surface area contributed by atoms with Crippen molar-refractivity contribution in [3.05, 3.63) is 93.2 Å². The number of aromatic nitrogens is 2. The van der Waals surface area contributed by atoms with Gasteiger partial charge in [0.25, 0.3) is 5.56 Å². The van der Waals surface area contributed by atoms with Crippen molar-refractivity contribution in [1.29, 1.82) is 0 Å². The van der Waals surface area contributed by atoms with Gasteiger partial charge >= 0.3 is 0 Å². The van der Waals surface area contributed by atoms with Crippen LogP contribution in [0.15, 0.2) is 59.4 Å². The van der Waals surface area contributed by atoms with Gasteiger partial charge in [0, 0.05) is 29.8 Å². The maximum absolute atomic E-state index is 13.1. The molecular weight excluding hydrogens is 390 g/mol. The molecule has 1 atom stereocenters. The number of hydrogen-bond acceptors (Lipinski definition) is 4. The molecule has 0 spiro atoms. The standard InChI is InChI=1S/C25H27N3O3/c1-17-20(15-18-9-4-3-5-10-18)25(30)27-24(26-17)21-12-8-14-28(21)23(29)16-19-11-6-7-13-22(19)31-2/h3-7,9-11,13,21H,8,12,14-16H2,1-2H3,(H,26,27,30). The molecule has 1 fully saturated rings. The maximum atomic E-state index is 13.1. The first kappa shape index (κ1) is 20.8. The SMILES string of the molecule is COc1ccccc1CC(=O)N1CCCC1c1nc(C)c(Cc2ccccc2)c(=O)[nH]1. The maximum Gasteiger partial charge on any atom is 0.254 e. The highest BCUT2D eigenvalue weighted by Gasteiger charge is 2.32. The monoisotopic (exact) mass is 417 g/mol. The summed E-state index contributed by atoms with van der Waals surface area (Å²) in [6.45, 7) is 2.53. The van der Waals surface area contributed by atoms with E-state index in [9.17, 15) is 9.59 Å². The van der Waals surface area contributed by atoms with Crippen LogP contribution in [0.1, 0.15) is 47.1 Å². The third-order valence-corrected chi connectivity index (χ3v) is 5.89. The molecule has 0 saturated carbocycles. The summed E-state index contributed by atoms with van der Waals surface area (Å²) in [7, 11) is 1.61. The number of H-pyrrole nitrogens is 1. The van der Waals surface area contributed by atoms with Crippen LogP contribution in [0, 0.1) is 6.92 Å². The van der Waals surface area contributed by atoms with Crippen LogP contribution in [-0.4, -0.2) is 34.4 Å². The van der Waals surface area contributed by atoms with Crippen molar-refractivity contribution in [3.8, 4) is 5.75 Å². The number of rotatable bonds is 6. The van der Waals surface area contributed by atoms with Crippen molar-refractivity contribution in [2.75, 3.05) is 13.7 Å². The Bertz CT molecular complexity index is 1120. The Hall–Kier alpha value is -3.41. The second kappa shape index (κ2) is 9.16. The molecule has 2 aromatic carbocycles. The minimum atomic E-state index is -0.209. The Kier molecular flexibility index (Phi) is 6.16. The van der Waals surface area contributed by atoms with Crippen molar-refractivity contribution >= 4 is 5.91 Å². The number of nitrogens with zero attached hydrogens (tertiary/aromatic N) is 2. The second-order valence-corrected chi connectivity index (χ2v) is 7.91. The summed E-state index contributed by atoms with van der Waals surface area (Å²) >= 11 is 0. The molecule has 1 aromatic heterocycles. The van der Waals surface area contributed by atoms with Crippen molar-refractivity contribution in [2.24, 2.45) is 0 Å². The first-order valence-corrected chi connectivity index (χ1v) is 10.6. The van der Waals surface area contributed by atoms with E-state index in [1.165, 1.54) is 0 Å². The number of aromatic amines is 1. The Morgan fingerprint density at radius 2 is 1.90 bits per heavy atom. The average molecular weight is 418 g/mol. The molecule has 1 aliphatic rings. The van der Waals surface area contributed by atoms with E-state index in [-0.39, 0.29) is 23.9 Å². The van der Waals surface area contributed by atoms with E-state index in [2.05, 4.69) is 4.98 Å². The van der Waals surface area contributed by atoms with Gasteiger partial charge in [0.2, 0.25) is 5.91 Å². The normalized spacial score (nSPS) is 15.8. The van der Waals surface area contributed by atoms with E-state index in [1.54, 1.807) is 7.11 Å². The van der Waals surface area contributed by atoms with E-state index in [0.29, 0.717) is 35.8 Å². The van der Waals surface area contributed by atoms with Gasteiger partial charge in [-0.3, -0.25) is 9.59 Å². The molecule has 2 heterocycles. The molecule has 160 valence electrons. The number of benzene rings is 2. The molecule has 0 radical (unpaired) electrons. The topological polar surface area (TPSA) is 75.3 Å². The number of carbonyl (C=O) groups excluding carboxylic acids is 1. The van der Waals surface area contributed by atoms with Crippen LogP contribution in [0.5, 0.6) is 5.75 Å². The minimum absolute atomic E-state index is 0.0145. The lowest BCUT2D eigenvalue weighted by Crippen LogP contribution is -2.34. The van der Waals surface area contributed by atoms with Gasteiger partial charge in [-0.15, -0.1) is 0 Å². The summed E-state index contributed by atoms with van der Waals surface area (Å²) in [5.74, 6) is 1.30. The molecule has 3 aromatic rings. The van der Waals surface area contributed by atoms with Crippen molar-refractivity contribution in [2.45, 2.75) is 38.6 Å². The molecule has 1 unspecified atom stereocenters. The Morgan fingerprint density at radius 1 is 1.16 bits per heavy atom. The predicted molar refractivity (Wildman–Crippen MR) is 119 cm³/mol. The predicted octanol–water partition coefficient (Wildman–Crippen LogP) is 3.58. The van der Waals surface area contributed by atoms with Crippen molar-refractivity contribution in [3.63, 3.8) is 0 Å². The fraction of sp³-hybridized carbons (Fsp3) is 0.320. The molecule has 0 bridgehead atoms. The van der Waals surface area contributed by atoms with Crippen LogP contribution >= 0.6 is 0 Å². The summed E-state index contributed by atoms with van der Waals surface area (Å²) in [4.78, 5) is 35.5. The highest BCUT2D eigenvalue weighted by Crippen LogP contribution is 2.31. The zero-order valence-corrected chi connectivity index (χ0v) is 17.9. The fourth-order valence-corrected chi connectivity index (χ4v) is 4.26. The lowest BCUT2D eigenvalue weighted by Gasteiger charge is -2.25. The number of para-hydroxylation sites is 1. The molecule has 31 heavy (non-hydrogen) atoms. The summed E-state index contributed by atoms with van der Waals surface area (Å²) in [5.41, 5.74) is 3.18. The molecular formula is C25H27N3O3. The lowest BCUT2D eigenvalue weighted by molar-refractivity contribution is -0.131. The Balaban J connectivity index is 1.55. The lowest BCUT2D eigenvalue weighted by atomic mass is 10.0. The van der Waals surface area contributed by atoms with Crippen LogP contribution in [0.4, 0.5) is 0 Å². The number of carbonyl (C=O) groups is 1. The van der Waals surface area contributed by atoms with E-state index in [1.807, 2.05) is 66.4 Å². The van der Waals surface area contributed by atoms with Gasteiger partial charge < -0.3 is 14.6 Å². The molecule has 1 aliphatic heterocycles. The number of ether oxygens (including phenoxy) is 1. The second-order valence-electron chi connectivity index (χ2n) is 7.91. The Morgan fingerprint density at radius 3 is 2.65 bits per heavy atom. The zero-order chi connectivity index (χ0) is 21.8. The van der Waals surface area contributed by atoms with E-state index < -0.39 is 0 Å². The highest BCUT2D eigenvalue weighted by molar-refractivity contribution is 5.80. The number of nitrogens with one attached hydrogen (secondary N) is 1. The fourth-order valence-electron chi connectivity index (χ4n) is 4.26. The summed E-state index contributed by atoms with van der Waals surface area (Å²) in [6, 6.07) is 17.2. The van der Waals surface area contributed by atoms with Gasteiger partial charge in [-0.05, 0) is 31.4 Å². The smallest absolute Gasteiger partial charge is 0.254 e. The van der Waals surface area contributed by atoms with Gasteiger partial charge in [-0.1, -0.05) is 48.5 Å². The average Bonchev–Trinajstić information content (AvgIpc) is 3.27. The molecule has 6 heteroatoms. The number of hydrogen-bond donors (Lipinski definition) is 1. The Labute approximate surface area is 181 Å². The van der Waals surface area contributed by atoms with Crippen LogP contribution in [0.3, 0.4) is 0 Å². The third kappa shape index (κ3) is 4.53. The molecule has 1 N–H and O–H groups in total. The van der Waals surface area contributed by atoms with Gasteiger partial charge in [0.05, 0.1) is 19.6 Å². The first-order valence-electron chi connectivity index (χ1n) is 10.6. The van der Waals surface area contributed by atoms with Crippen molar-refractivity contribution < 1.29 is 9.53 Å². The molecule has 0 aliphatic carbocycles. The van der Waals surface area contributed by atoms with Crippen LogP contribution in [-0.2, 0) is 17.6 Å². The van der Waals surface area contributed by atoms with Gasteiger partial charge in [0.15, 0.2) is 0 Å².